The average molecular weight is 379 g/mol. The maximum atomic E-state index is 3.59. The summed E-state index contributed by atoms with van der Waals surface area (Å²) in [5.41, 5.74) is 3.96. The number of benzene rings is 2. The van der Waals surface area contributed by atoms with Crippen LogP contribution in [-0.2, 0) is 0 Å². The summed E-state index contributed by atoms with van der Waals surface area (Å²) >= 11 is 2.39. The highest BCUT2D eigenvalue weighted by atomic mass is 127. The van der Waals surface area contributed by atoms with Crippen LogP contribution < -0.4 is 5.32 Å². The monoisotopic (exact) mass is 379 g/mol. The fourth-order valence-electron chi connectivity index (χ4n) is 2.37. The Labute approximate surface area is 135 Å². The van der Waals surface area contributed by atoms with Crippen LogP contribution in [0, 0.1) is 16.4 Å². The molecule has 0 aliphatic heterocycles. The van der Waals surface area contributed by atoms with Crippen molar-refractivity contribution in [2.24, 2.45) is 5.92 Å². The van der Waals surface area contributed by atoms with Crippen LogP contribution >= 0.6 is 22.6 Å². The SMILES string of the molecule is Cc1ccc(NCC(c2ccccc2)C(C)C)cc1I. The van der Waals surface area contributed by atoms with Gasteiger partial charge >= 0.3 is 0 Å². The molecule has 2 heteroatoms. The Morgan fingerprint density at radius 2 is 1.75 bits per heavy atom. The second kappa shape index (κ2) is 7.11. The molecule has 0 heterocycles. The zero-order valence-electron chi connectivity index (χ0n) is 12.4. The number of nitrogens with one attached hydrogen (secondary N) is 1. The van der Waals surface area contributed by atoms with Crippen molar-refractivity contribution in [3.63, 3.8) is 0 Å². The largest absolute Gasteiger partial charge is 0.384 e. The molecule has 20 heavy (non-hydrogen) atoms. The van der Waals surface area contributed by atoms with Gasteiger partial charge in [-0.1, -0.05) is 50.2 Å². The third kappa shape index (κ3) is 3.98. The molecule has 0 aromatic heterocycles. The number of aryl methyl sites for hydroxylation is 1. The summed E-state index contributed by atoms with van der Waals surface area (Å²) in [5.74, 6) is 1.16. The highest BCUT2D eigenvalue weighted by Crippen LogP contribution is 2.25. The van der Waals surface area contributed by atoms with E-state index in [0.29, 0.717) is 11.8 Å². The van der Waals surface area contributed by atoms with Gasteiger partial charge in [0, 0.05) is 21.7 Å². The van der Waals surface area contributed by atoms with Gasteiger partial charge in [0.05, 0.1) is 0 Å². The van der Waals surface area contributed by atoms with Crippen molar-refractivity contribution in [1.82, 2.24) is 0 Å². The van der Waals surface area contributed by atoms with Gasteiger partial charge in [-0.05, 0) is 58.7 Å². The molecule has 0 aliphatic rings. The zero-order chi connectivity index (χ0) is 14.5. The molecule has 2 aromatic rings. The number of rotatable bonds is 5. The lowest BCUT2D eigenvalue weighted by molar-refractivity contribution is 0.517. The summed E-state index contributed by atoms with van der Waals surface area (Å²) in [4.78, 5) is 0. The molecule has 2 rings (SSSR count). The summed E-state index contributed by atoms with van der Waals surface area (Å²) in [6, 6.07) is 17.3. The molecular formula is C18H22IN. The van der Waals surface area contributed by atoms with Gasteiger partial charge in [0.15, 0.2) is 0 Å². The maximum Gasteiger partial charge on any atom is 0.0351 e. The summed E-state index contributed by atoms with van der Waals surface area (Å²) in [5, 5.41) is 3.59. The molecule has 0 saturated carbocycles. The van der Waals surface area contributed by atoms with Crippen LogP contribution in [0.3, 0.4) is 0 Å². The second-order valence-corrected chi connectivity index (χ2v) is 6.77. The zero-order valence-corrected chi connectivity index (χ0v) is 14.5. The Bertz CT molecular complexity index is 549. The number of hydrogen-bond donors (Lipinski definition) is 1. The van der Waals surface area contributed by atoms with Gasteiger partial charge in [0.25, 0.3) is 0 Å². The van der Waals surface area contributed by atoms with E-state index in [1.54, 1.807) is 0 Å². The van der Waals surface area contributed by atoms with E-state index in [2.05, 4.69) is 97.2 Å². The fraction of sp³-hybridized carbons (Fsp3) is 0.333. The highest BCUT2D eigenvalue weighted by Gasteiger charge is 2.15. The maximum absolute atomic E-state index is 3.59. The van der Waals surface area contributed by atoms with Gasteiger partial charge < -0.3 is 5.32 Å². The summed E-state index contributed by atoms with van der Waals surface area (Å²) < 4.78 is 1.31. The predicted molar refractivity (Wildman–Crippen MR) is 96.4 cm³/mol. The molecule has 0 saturated heterocycles. The lowest BCUT2D eigenvalue weighted by atomic mass is 9.88. The lowest BCUT2D eigenvalue weighted by Gasteiger charge is -2.22. The van der Waals surface area contributed by atoms with Crippen molar-refractivity contribution in [2.75, 3.05) is 11.9 Å². The van der Waals surface area contributed by atoms with Gasteiger partial charge in [-0.3, -0.25) is 0 Å². The van der Waals surface area contributed by atoms with Crippen molar-refractivity contribution in [3.05, 3.63) is 63.2 Å². The van der Waals surface area contributed by atoms with Crippen LogP contribution in [-0.4, -0.2) is 6.54 Å². The van der Waals surface area contributed by atoms with E-state index in [1.165, 1.54) is 20.4 Å². The average Bonchev–Trinajstić information content (AvgIpc) is 2.44. The van der Waals surface area contributed by atoms with Crippen LogP contribution in [0.25, 0.3) is 0 Å². The molecule has 0 fully saturated rings. The number of hydrogen-bond acceptors (Lipinski definition) is 1. The van der Waals surface area contributed by atoms with E-state index >= 15 is 0 Å². The summed E-state index contributed by atoms with van der Waals surface area (Å²) in [7, 11) is 0. The molecule has 0 radical (unpaired) electrons. The molecule has 1 unspecified atom stereocenters. The first-order chi connectivity index (χ1) is 9.58. The first-order valence-corrected chi connectivity index (χ1v) is 8.20. The Morgan fingerprint density at radius 1 is 1.05 bits per heavy atom. The van der Waals surface area contributed by atoms with Crippen molar-refractivity contribution in [3.8, 4) is 0 Å². The minimum atomic E-state index is 0.537. The van der Waals surface area contributed by atoms with Crippen LogP contribution in [0.1, 0.15) is 30.9 Å². The van der Waals surface area contributed by atoms with E-state index < -0.39 is 0 Å². The van der Waals surface area contributed by atoms with E-state index in [0.717, 1.165) is 6.54 Å². The van der Waals surface area contributed by atoms with Gasteiger partial charge in [-0.25, -0.2) is 0 Å². The Hall–Kier alpha value is -1.03. The first kappa shape index (κ1) is 15.4. The van der Waals surface area contributed by atoms with Gasteiger partial charge in [-0.15, -0.1) is 0 Å². The van der Waals surface area contributed by atoms with E-state index in [-0.39, 0.29) is 0 Å². The van der Waals surface area contributed by atoms with Crippen LogP contribution in [0.15, 0.2) is 48.5 Å². The third-order valence-corrected chi connectivity index (χ3v) is 4.89. The topological polar surface area (TPSA) is 12.0 Å². The number of halogens is 1. The summed E-state index contributed by atoms with van der Waals surface area (Å²) in [6.45, 7) is 7.70. The normalized spacial score (nSPS) is 12.4. The molecule has 1 atom stereocenters. The van der Waals surface area contributed by atoms with Gasteiger partial charge in [0.2, 0.25) is 0 Å². The third-order valence-electron chi connectivity index (χ3n) is 3.73. The quantitative estimate of drug-likeness (QED) is 0.681. The first-order valence-electron chi connectivity index (χ1n) is 7.13. The molecule has 0 bridgehead atoms. The Morgan fingerprint density at radius 3 is 2.35 bits per heavy atom. The molecule has 106 valence electrons. The van der Waals surface area contributed by atoms with Crippen molar-refractivity contribution >= 4 is 28.3 Å². The minimum Gasteiger partial charge on any atom is -0.384 e. The molecule has 0 aliphatic carbocycles. The lowest BCUT2D eigenvalue weighted by Crippen LogP contribution is -2.17. The smallest absolute Gasteiger partial charge is 0.0351 e. The van der Waals surface area contributed by atoms with Crippen LogP contribution in [0.4, 0.5) is 5.69 Å². The second-order valence-electron chi connectivity index (χ2n) is 5.61. The molecule has 0 amide bonds. The standard InChI is InChI=1S/C18H22IN/c1-13(2)17(15-7-5-4-6-8-15)12-20-16-10-9-14(3)18(19)11-16/h4-11,13,17,20H,12H2,1-3H3. The number of anilines is 1. The predicted octanol–water partition coefficient (Wildman–Crippen LogP) is 5.45. The Kier molecular flexibility index (Phi) is 5.46. The van der Waals surface area contributed by atoms with Gasteiger partial charge in [-0.2, -0.15) is 0 Å². The molecule has 1 N–H and O–H groups in total. The van der Waals surface area contributed by atoms with Gasteiger partial charge in [0.1, 0.15) is 0 Å². The van der Waals surface area contributed by atoms with Crippen LogP contribution in [0.5, 0.6) is 0 Å². The van der Waals surface area contributed by atoms with E-state index in [9.17, 15) is 0 Å². The van der Waals surface area contributed by atoms with Crippen LogP contribution in [0.2, 0.25) is 0 Å². The molecular weight excluding hydrogens is 357 g/mol. The van der Waals surface area contributed by atoms with Crippen molar-refractivity contribution in [2.45, 2.75) is 26.7 Å². The summed E-state index contributed by atoms with van der Waals surface area (Å²) in [6.07, 6.45) is 0. The molecule has 2 aromatic carbocycles. The van der Waals surface area contributed by atoms with E-state index in [1.807, 2.05) is 0 Å². The minimum absolute atomic E-state index is 0.537. The Balaban J connectivity index is 2.08. The molecule has 1 nitrogen and oxygen atoms in total. The fourth-order valence-corrected chi connectivity index (χ4v) is 2.88. The van der Waals surface area contributed by atoms with E-state index in [4.69, 9.17) is 0 Å². The molecule has 0 spiro atoms. The van der Waals surface area contributed by atoms with Crippen molar-refractivity contribution < 1.29 is 0 Å². The van der Waals surface area contributed by atoms with Crippen molar-refractivity contribution in [1.29, 1.82) is 0 Å². The highest BCUT2D eigenvalue weighted by molar-refractivity contribution is 14.1.